The molecule has 5 nitrogen and oxygen atoms in total. The average molecular weight is 360 g/mol. The number of pyridine rings is 1. The lowest BCUT2D eigenvalue weighted by Gasteiger charge is -2.36. The number of hydrogen-bond donors (Lipinski definition) is 1. The van der Waals surface area contributed by atoms with E-state index in [1.54, 1.807) is 12.4 Å². The van der Waals surface area contributed by atoms with E-state index < -0.39 is 0 Å². The Labute approximate surface area is 159 Å². The first-order valence-electron chi connectivity index (χ1n) is 9.51. The molecule has 0 saturated carbocycles. The largest absolute Gasteiger partial charge is 0.334 e. The maximum Gasteiger partial charge on any atom is 0.227 e. The predicted octanol–water partition coefficient (Wildman–Crippen LogP) is 4.08. The number of aromatic amines is 1. The lowest BCUT2D eigenvalue weighted by atomic mass is 9.94. The second-order valence-electron chi connectivity index (χ2n) is 7.20. The Hall–Kier alpha value is -2.95. The summed E-state index contributed by atoms with van der Waals surface area (Å²) in [4.78, 5) is 19.2. The molecule has 138 valence electrons. The second-order valence-corrected chi connectivity index (χ2v) is 7.20. The summed E-state index contributed by atoms with van der Waals surface area (Å²) in [7, 11) is 0. The van der Waals surface area contributed by atoms with E-state index in [0.29, 0.717) is 6.42 Å². The number of piperidine rings is 1. The summed E-state index contributed by atoms with van der Waals surface area (Å²) in [5.41, 5.74) is 5.41. The summed E-state index contributed by atoms with van der Waals surface area (Å²) < 4.78 is 0. The molecule has 1 fully saturated rings. The number of nitrogens with zero attached hydrogens (tertiary/aromatic N) is 3. The summed E-state index contributed by atoms with van der Waals surface area (Å²) >= 11 is 0. The molecular weight excluding hydrogens is 336 g/mol. The summed E-state index contributed by atoms with van der Waals surface area (Å²) in [5, 5.41) is 7.45. The predicted molar refractivity (Wildman–Crippen MR) is 105 cm³/mol. The molecule has 1 unspecified atom stereocenters. The molecule has 2 aromatic heterocycles. The number of benzene rings is 1. The summed E-state index contributed by atoms with van der Waals surface area (Å²) in [6, 6.07) is 12.2. The van der Waals surface area contributed by atoms with Gasteiger partial charge in [0.15, 0.2) is 0 Å². The molecule has 0 aliphatic carbocycles. The molecule has 5 heteroatoms. The van der Waals surface area contributed by atoms with E-state index in [1.165, 1.54) is 5.56 Å². The molecule has 1 aliphatic heterocycles. The van der Waals surface area contributed by atoms with Crippen LogP contribution in [0.5, 0.6) is 0 Å². The Kier molecular flexibility index (Phi) is 5.01. The minimum absolute atomic E-state index is 0.0433. The lowest BCUT2D eigenvalue weighted by Crippen LogP contribution is -2.39. The van der Waals surface area contributed by atoms with Crippen molar-refractivity contribution in [3.05, 3.63) is 71.8 Å². The van der Waals surface area contributed by atoms with Gasteiger partial charge < -0.3 is 4.90 Å². The number of carbonyl (C=O) groups is 1. The maximum absolute atomic E-state index is 13.1. The van der Waals surface area contributed by atoms with E-state index in [2.05, 4.69) is 34.2 Å². The van der Waals surface area contributed by atoms with Crippen LogP contribution in [0.3, 0.4) is 0 Å². The molecule has 1 aliphatic rings. The first-order chi connectivity index (χ1) is 13.2. The highest BCUT2D eigenvalue weighted by Crippen LogP contribution is 2.35. The van der Waals surface area contributed by atoms with Gasteiger partial charge in [0, 0.05) is 24.5 Å². The van der Waals surface area contributed by atoms with Crippen LogP contribution in [0.15, 0.2) is 55.0 Å². The highest BCUT2D eigenvalue weighted by Gasteiger charge is 2.30. The fourth-order valence-electron chi connectivity index (χ4n) is 3.94. The maximum atomic E-state index is 13.1. The monoisotopic (exact) mass is 360 g/mol. The Morgan fingerprint density at radius 1 is 1.22 bits per heavy atom. The minimum atomic E-state index is 0.0433. The Morgan fingerprint density at radius 3 is 2.89 bits per heavy atom. The molecule has 4 rings (SSSR count). The first-order valence-corrected chi connectivity index (χ1v) is 9.51. The summed E-state index contributed by atoms with van der Waals surface area (Å²) in [6.07, 6.45) is 8.99. The van der Waals surface area contributed by atoms with E-state index in [0.717, 1.165) is 48.2 Å². The van der Waals surface area contributed by atoms with Crippen LogP contribution >= 0.6 is 0 Å². The Bertz CT molecular complexity index is 919. The lowest BCUT2D eigenvalue weighted by molar-refractivity contribution is -0.134. The third-order valence-corrected chi connectivity index (χ3v) is 5.25. The standard InChI is InChI=1S/C22H24N4O/c1-16-5-4-6-17(13-16)14-21(27)26-12-3-2-7-20(26)22-19(15-24-25-22)18-8-10-23-11-9-18/h4-6,8-11,13,15,20H,2-3,7,12,14H2,1H3,(H,24,25). The summed E-state index contributed by atoms with van der Waals surface area (Å²) in [5.74, 6) is 0.181. The number of H-pyrrole nitrogens is 1. The van der Waals surface area contributed by atoms with Crippen molar-refractivity contribution in [1.29, 1.82) is 0 Å². The zero-order valence-electron chi connectivity index (χ0n) is 15.6. The van der Waals surface area contributed by atoms with Gasteiger partial charge in [0.05, 0.1) is 24.4 Å². The van der Waals surface area contributed by atoms with E-state index >= 15 is 0 Å². The van der Waals surface area contributed by atoms with E-state index in [-0.39, 0.29) is 11.9 Å². The van der Waals surface area contributed by atoms with E-state index in [1.807, 2.05) is 35.4 Å². The van der Waals surface area contributed by atoms with Gasteiger partial charge in [0.25, 0.3) is 0 Å². The number of carbonyl (C=O) groups excluding carboxylic acids is 1. The Morgan fingerprint density at radius 2 is 2.07 bits per heavy atom. The molecule has 1 aromatic carbocycles. The number of hydrogen-bond acceptors (Lipinski definition) is 3. The molecule has 1 saturated heterocycles. The van der Waals surface area contributed by atoms with Crippen molar-refractivity contribution in [3.8, 4) is 11.1 Å². The van der Waals surface area contributed by atoms with Crippen LogP contribution in [0, 0.1) is 6.92 Å². The van der Waals surface area contributed by atoms with Crippen molar-refractivity contribution in [1.82, 2.24) is 20.1 Å². The van der Waals surface area contributed by atoms with Gasteiger partial charge in [-0.25, -0.2) is 0 Å². The number of nitrogens with one attached hydrogen (secondary N) is 1. The van der Waals surface area contributed by atoms with Crippen LogP contribution in [0.2, 0.25) is 0 Å². The number of rotatable bonds is 4. The fourth-order valence-corrected chi connectivity index (χ4v) is 3.94. The highest BCUT2D eigenvalue weighted by atomic mass is 16.2. The zero-order chi connectivity index (χ0) is 18.6. The van der Waals surface area contributed by atoms with E-state index in [9.17, 15) is 4.79 Å². The molecular formula is C22H24N4O. The third kappa shape index (κ3) is 3.77. The van der Waals surface area contributed by atoms with Crippen LogP contribution in [-0.4, -0.2) is 32.5 Å². The molecule has 0 spiro atoms. The SMILES string of the molecule is Cc1cccc(CC(=O)N2CCCCC2c2[nH]ncc2-c2ccncc2)c1. The van der Waals surface area contributed by atoms with Crippen molar-refractivity contribution in [2.24, 2.45) is 0 Å². The van der Waals surface area contributed by atoms with Crippen LogP contribution in [0.4, 0.5) is 0 Å². The van der Waals surface area contributed by atoms with Crippen molar-refractivity contribution >= 4 is 5.91 Å². The number of likely N-dealkylation sites (tertiary alicyclic amines) is 1. The van der Waals surface area contributed by atoms with Gasteiger partial charge in [-0.1, -0.05) is 29.8 Å². The van der Waals surface area contributed by atoms with Crippen molar-refractivity contribution in [2.45, 2.75) is 38.6 Å². The van der Waals surface area contributed by atoms with Crippen LogP contribution in [-0.2, 0) is 11.2 Å². The molecule has 0 bridgehead atoms. The molecule has 1 atom stereocenters. The van der Waals surface area contributed by atoms with Crippen LogP contribution < -0.4 is 0 Å². The minimum Gasteiger partial charge on any atom is -0.334 e. The van der Waals surface area contributed by atoms with Crippen LogP contribution in [0.25, 0.3) is 11.1 Å². The van der Waals surface area contributed by atoms with Gasteiger partial charge in [-0.15, -0.1) is 0 Å². The second kappa shape index (κ2) is 7.74. The van der Waals surface area contributed by atoms with Gasteiger partial charge in [-0.05, 0) is 49.4 Å². The van der Waals surface area contributed by atoms with Gasteiger partial charge in [-0.3, -0.25) is 14.9 Å². The van der Waals surface area contributed by atoms with Crippen molar-refractivity contribution < 1.29 is 4.79 Å². The van der Waals surface area contributed by atoms with Gasteiger partial charge in [0.2, 0.25) is 5.91 Å². The topological polar surface area (TPSA) is 61.9 Å². The van der Waals surface area contributed by atoms with Crippen LogP contribution in [0.1, 0.15) is 42.1 Å². The Balaban J connectivity index is 1.60. The number of aromatic nitrogens is 3. The number of aryl methyl sites for hydroxylation is 1. The zero-order valence-corrected chi connectivity index (χ0v) is 15.6. The van der Waals surface area contributed by atoms with Crippen molar-refractivity contribution in [3.63, 3.8) is 0 Å². The molecule has 1 amide bonds. The average Bonchev–Trinajstić information content (AvgIpc) is 3.18. The smallest absolute Gasteiger partial charge is 0.227 e. The third-order valence-electron chi connectivity index (χ3n) is 5.25. The molecule has 0 radical (unpaired) electrons. The van der Waals surface area contributed by atoms with Gasteiger partial charge >= 0.3 is 0 Å². The van der Waals surface area contributed by atoms with E-state index in [4.69, 9.17) is 0 Å². The normalized spacial score (nSPS) is 17.1. The quantitative estimate of drug-likeness (QED) is 0.763. The molecule has 3 aromatic rings. The molecule has 1 N–H and O–H groups in total. The first kappa shape index (κ1) is 17.5. The molecule has 3 heterocycles. The number of amides is 1. The highest BCUT2D eigenvalue weighted by molar-refractivity contribution is 5.80. The van der Waals surface area contributed by atoms with Gasteiger partial charge in [0.1, 0.15) is 0 Å². The molecule has 27 heavy (non-hydrogen) atoms. The fraction of sp³-hybridized carbons (Fsp3) is 0.318. The summed E-state index contributed by atoms with van der Waals surface area (Å²) in [6.45, 7) is 2.85. The van der Waals surface area contributed by atoms with Gasteiger partial charge in [-0.2, -0.15) is 5.10 Å². The van der Waals surface area contributed by atoms with Crippen molar-refractivity contribution in [2.75, 3.05) is 6.54 Å².